The Labute approximate surface area is 126 Å². The van der Waals surface area contributed by atoms with Gasteiger partial charge in [0.1, 0.15) is 13.2 Å². The van der Waals surface area contributed by atoms with Crippen LogP contribution in [0.15, 0.2) is 18.2 Å². The van der Waals surface area contributed by atoms with Crippen LogP contribution in [0.25, 0.3) is 0 Å². The molecule has 1 N–H and O–H groups in total. The molecule has 2 aliphatic heterocycles. The van der Waals surface area contributed by atoms with E-state index in [0.29, 0.717) is 18.8 Å². The molecule has 1 saturated carbocycles. The highest BCUT2D eigenvalue weighted by atomic mass is 16.6. The maximum atomic E-state index is 5.72. The van der Waals surface area contributed by atoms with Crippen LogP contribution in [0.4, 0.5) is 5.69 Å². The van der Waals surface area contributed by atoms with E-state index in [4.69, 9.17) is 9.47 Å². The van der Waals surface area contributed by atoms with E-state index in [1.165, 1.54) is 37.8 Å². The fourth-order valence-corrected chi connectivity index (χ4v) is 3.97. The van der Waals surface area contributed by atoms with E-state index in [0.717, 1.165) is 31.1 Å². The number of piperazine rings is 1. The second-order valence-electron chi connectivity index (χ2n) is 6.52. The third-order valence-electron chi connectivity index (χ3n) is 5.08. The Morgan fingerprint density at radius 2 is 1.81 bits per heavy atom. The molecule has 4 heteroatoms. The van der Waals surface area contributed by atoms with E-state index in [2.05, 4.69) is 28.4 Å². The number of benzene rings is 1. The highest BCUT2D eigenvalue weighted by Crippen LogP contribution is 2.36. The fraction of sp³-hybridized carbons (Fsp3) is 0.647. The Bertz CT molecular complexity index is 506. The topological polar surface area (TPSA) is 33.7 Å². The molecule has 3 aliphatic rings. The standard InChI is InChI=1S/C17H24N2O2/c1-2-6-17(7-3-1)13-19(9-8-18-17)14-4-5-15-16(12-14)21-11-10-20-15/h4-5,12,18H,1-3,6-11,13H2. The number of hydrogen-bond acceptors (Lipinski definition) is 4. The fourth-order valence-electron chi connectivity index (χ4n) is 3.97. The summed E-state index contributed by atoms with van der Waals surface area (Å²) in [5.41, 5.74) is 1.61. The molecule has 1 aromatic carbocycles. The van der Waals surface area contributed by atoms with E-state index in [1.807, 2.05) is 0 Å². The predicted molar refractivity (Wildman–Crippen MR) is 83.5 cm³/mol. The van der Waals surface area contributed by atoms with Gasteiger partial charge in [0.25, 0.3) is 0 Å². The van der Waals surface area contributed by atoms with E-state index in [9.17, 15) is 0 Å². The Balaban J connectivity index is 1.55. The Morgan fingerprint density at radius 3 is 2.67 bits per heavy atom. The van der Waals surface area contributed by atoms with Gasteiger partial charge in [0, 0.05) is 36.9 Å². The Kier molecular flexibility index (Phi) is 3.42. The van der Waals surface area contributed by atoms with Crippen molar-refractivity contribution in [3.05, 3.63) is 18.2 Å². The van der Waals surface area contributed by atoms with Crippen LogP contribution in [-0.4, -0.2) is 38.4 Å². The number of fused-ring (bicyclic) bond motifs is 1. The normalized spacial score (nSPS) is 24.1. The first kappa shape index (κ1) is 13.3. The first-order chi connectivity index (χ1) is 10.3. The number of hydrogen-bond donors (Lipinski definition) is 1. The molecule has 1 saturated heterocycles. The van der Waals surface area contributed by atoms with Crippen LogP contribution in [0.5, 0.6) is 11.5 Å². The average molecular weight is 288 g/mol. The molecule has 4 nitrogen and oxygen atoms in total. The SMILES string of the molecule is c1cc2c(cc1N1CCNC3(CCCCC3)C1)OCCO2. The number of anilines is 1. The number of nitrogens with zero attached hydrogens (tertiary/aromatic N) is 1. The van der Waals surface area contributed by atoms with Crippen molar-refractivity contribution in [1.29, 1.82) is 0 Å². The maximum absolute atomic E-state index is 5.72. The van der Waals surface area contributed by atoms with Crippen LogP contribution >= 0.6 is 0 Å². The zero-order chi connectivity index (χ0) is 14.1. The Morgan fingerprint density at radius 1 is 1.00 bits per heavy atom. The van der Waals surface area contributed by atoms with Crippen molar-refractivity contribution in [2.75, 3.05) is 37.7 Å². The van der Waals surface area contributed by atoms with Crippen molar-refractivity contribution in [2.24, 2.45) is 0 Å². The monoisotopic (exact) mass is 288 g/mol. The van der Waals surface area contributed by atoms with Crippen molar-refractivity contribution >= 4 is 5.69 Å². The van der Waals surface area contributed by atoms with Gasteiger partial charge in [0.2, 0.25) is 0 Å². The summed E-state index contributed by atoms with van der Waals surface area (Å²) in [6.07, 6.45) is 6.75. The van der Waals surface area contributed by atoms with Gasteiger partial charge in [0.05, 0.1) is 0 Å². The van der Waals surface area contributed by atoms with Crippen LogP contribution in [0.3, 0.4) is 0 Å². The quantitative estimate of drug-likeness (QED) is 0.861. The molecular formula is C17H24N2O2. The van der Waals surface area contributed by atoms with Gasteiger partial charge in [-0.1, -0.05) is 19.3 Å². The van der Waals surface area contributed by atoms with Crippen LogP contribution in [-0.2, 0) is 0 Å². The van der Waals surface area contributed by atoms with Crippen molar-refractivity contribution < 1.29 is 9.47 Å². The van der Waals surface area contributed by atoms with Crippen molar-refractivity contribution in [3.63, 3.8) is 0 Å². The van der Waals surface area contributed by atoms with E-state index < -0.39 is 0 Å². The summed E-state index contributed by atoms with van der Waals surface area (Å²) in [4.78, 5) is 2.51. The number of rotatable bonds is 1. The second kappa shape index (κ2) is 5.41. The lowest BCUT2D eigenvalue weighted by atomic mass is 9.80. The molecule has 4 rings (SSSR count). The van der Waals surface area contributed by atoms with Gasteiger partial charge in [-0.15, -0.1) is 0 Å². The summed E-state index contributed by atoms with van der Waals surface area (Å²) in [6.45, 7) is 4.58. The first-order valence-electron chi connectivity index (χ1n) is 8.24. The Hall–Kier alpha value is -1.42. The van der Waals surface area contributed by atoms with Crippen molar-refractivity contribution in [3.8, 4) is 11.5 Å². The lowest BCUT2D eigenvalue weighted by Gasteiger charge is -2.47. The molecule has 0 unspecified atom stereocenters. The van der Waals surface area contributed by atoms with E-state index in [1.54, 1.807) is 0 Å². The molecule has 0 amide bonds. The molecule has 21 heavy (non-hydrogen) atoms. The highest BCUT2D eigenvalue weighted by Gasteiger charge is 2.36. The zero-order valence-corrected chi connectivity index (χ0v) is 12.6. The van der Waals surface area contributed by atoms with E-state index >= 15 is 0 Å². The molecule has 0 atom stereocenters. The minimum Gasteiger partial charge on any atom is -0.486 e. The van der Waals surface area contributed by atoms with Gasteiger partial charge >= 0.3 is 0 Å². The second-order valence-corrected chi connectivity index (χ2v) is 6.52. The maximum Gasteiger partial charge on any atom is 0.163 e. The van der Waals surface area contributed by atoms with Gasteiger partial charge in [-0.25, -0.2) is 0 Å². The van der Waals surface area contributed by atoms with Crippen molar-refractivity contribution in [1.82, 2.24) is 5.32 Å². The van der Waals surface area contributed by atoms with Gasteiger partial charge in [-0.3, -0.25) is 0 Å². The zero-order valence-electron chi connectivity index (χ0n) is 12.6. The minimum atomic E-state index is 0.337. The lowest BCUT2D eigenvalue weighted by molar-refractivity contribution is 0.171. The van der Waals surface area contributed by atoms with Gasteiger partial charge in [-0.2, -0.15) is 0 Å². The number of nitrogens with one attached hydrogen (secondary N) is 1. The van der Waals surface area contributed by atoms with Crippen LogP contribution in [0, 0.1) is 0 Å². The summed E-state index contributed by atoms with van der Waals surface area (Å²) in [5, 5.41) is 3.80. The molecule has 114 valence electrons. The largest absolute Gasteiger partial charge is 0.486 e. The molecule has 0 aromatic heterocycles. The lowest BCUT2D eigenvalue weighted by Crippen LogP contribution is -2.61. The van der Waals surface area contributed by atoms with Crippen molar-refractivity contribution in [2.45, 2.75) is 37.6 Å². The summed E-state index contributed by atoms with van der Waals surface area (Å²) >= 11 is 0. The first-order valence-corrected chi connectivity index (χ1v) is 8.24. The molecule has 0 bridgehead atoms. The summed E-state index contributed by atoms with van der Waals surface area (Å²) < 4.78 is 11.3. The number of ether oxygens (including phenoxy) is 2. The summed E-state index contributed by atoms with van der Waals surface area (Å²) in [6, 6.07) is 6.38. The average Bonchev–Trinajstić information content (AvgIpc) is 2.55. The summed E-state index contributed by atoms with van der Waals surface area (Å²) in [5.74, 6) is 1.78. The third kappa shape index (κ3) is 2.57. The summed E-state index contributed by atoms with van der Waals surface area (Å²) in [7, 11) is 0. The molecule has 2 fully saturated rings. The van der Waals surface area contributed by atoms with Crippen LogP contribution in [0.2, 0.25) is 0 Å². The molecule has 1 spiro atoms. The van der Waals surface area contributed by atoms with Gasteiger partial charge in [-0.05, 0) is 25.0 Å². The molecule has 1 aromatic rings. The van der Waals surface area contributed by atoms with Gasteiger partial charge < -0.3 is 19.7 Å². The van der Waals surface area contributed by atoms with Crippen LogP contribution < -0.4 is 19.7 Å². The smallest absolute Gasteiger partial charge is 0.163 e. The molecular weight excluding hydrogens is 264 g/mol. The van der Waals surface area contributed by atoms with Crippen LogP contribution in [0.1, 0.15) is 32.1 Å². The highest BCUT2D eigenvalue weighted by molar-refractivity contribution is 5.57. The predicted octanol–water partition coefficient (Wildman–Crippen LogP) is 2.57. The molecule has 2 heterocycles. The van der Waals surface area contributed by atoms with Gasteiger partial charge in [0.15, 0.2) is 11.5 Å². The molecule has 0 radical (unpaired) electrons. The third-order valence-corrected chi connectivity index (χ3v) is 5.08. The minimum absolute atomic E-state index is 0.337. The van der Waals surface area contributed by atoms with E-state index in [-0.39, 0.29) is 0 Å². The molecule has 1 aliphatic carbocycles.